The first-order chi connectivity index (χ1) is 14.5. The number of hydrogen-bond donors (Lipinski definition) is 0. The molecule has 10 nitrogen and oxygen atoms in total. The van der Waals surface area contributed by atoms with Crippen molar-refractivity contribution in [1.82, 2.24) is 0 Å². The number of carbonyl (C=O) groups is 5. The molecular weight excluding hydrogens is 432 g/mol. The fourth-order valence-corrected chi connectivity index (χ4v) is 3.71. The van der Waals surface area contributed by atoms with E-state index in [0.717, 1.165) is 46.3 Å². The Morgan fingerprint density at radius 1 is 0.677 bits per heavy atom. The summed E-state index contributed by atoms with van der Waals surface area (Å²) >= 11 is 1.46. The molecule has 0 heterocycles. The third-order valence-electron chi connectivity index (χ3n) is 3.67. The van der Waals surface area contributed by atoms with Gasteiger partial charge in [-0.05, 0) is 12.2 Å². The first-order valence-corrected chi connectivity index (χ1v) is 11.0. The molecule has 0 saturated carbocycles. The average Bonchev–Trinajstić information content (AvgIpc) is 2.63. The molecule has 0 aromatic rings. The molecule has 4 atom stereocenters. The van der Waals surface area contributed by atoms with Gasteiger partial charge < -0.3 is 23.7 Å². The lowest BCUT2D eigenvalue weighted by Crippen LogP contribution is -2.53. The quantitative estimate of drug-likeness (QED) is 0.212. The summed E-state index contributed by atoms with van der Waals surface area (Å²) in [6.45, 7) is 7.29. The first-order valence-electron chi connectivity index (χ1n) is 9.87. The molecule has 0 fully saturated rings. The maximum Gasteiger partial charge on any atom is 0.303 e. The van der Waals surface area contributed by atoms with Crippen molar-refractivity contribution in [2.75, 3.05) is 18.1 Å². The van der Waals surface area contributed by atoms with Gasteiger partial charge in [0.25, 0.3) is 0 Å². The number of esters is 5. The van der Waals surface area contributed by atoms with Gasteiger partial charge in [0.15, 0.2) is 24.4 Å². The van der Waals surface area contributed by atoms with Crippen molar-refractivity contribution in [3.05, 3.63) is 0 Å². The number of rotatable bonds is 14. The second-order valence-corrected chi connectivity index (χ2v) is 7.82. The van der Waals surface area contributed by atoms with Gasteiger partial charge >= 0.3 is 29.8 Å². The molecule has 0 radical (unpaired) electrons. The van der Waals surface area contributed by atoms with Crippen LogP contribution in [-0.4, -0.2) is 72.4 Å². The highest BCUT2D eigenvalue weighted by molar-refractivity contribution is 7.99. The van der Waals surface area contributed by atoms with E-state index in [9.17, 15) is 24.0 Å². The standard InChI is InChI=1S/C20H32O10S/c1-7-8-9-31-11-18(28-14(4)23)20(30-16(6)25)19(29-15(5)24)17(27-13(3)22)10-26-12(2)21/h17-20H,7-11H2,1-6H3/t17-,18+,19+,20+/m0/s1. The van der Waals surface area contributed by atoms with Crippen molar-refractivity contribution in [3.8, 4) is 0 Å². The molecule has 11 heteroatoms. The Morgan fingerprint density at radius 2 is 1.13 bits per heavy atom. The molecule has 0 rings (SSSR count). The molecule has 0 spiro atoms. The average molecular weight is 465 g/mol. The number of ether oxygens (including phenoxy) is 5. The van der Waals surface area contributed by atoms with Gasteiger partial charge in [-0.3, -0.25) is 24.0 Å². The molecule has 0 bridgehead atoms. The topological polar surface area (TPSA) is 132 Å². The minimum absolute atomic E-state index is 0.232. The first kappa shape index (κ1) is 28.7. The normalized spacial score (nSPS) is 14.4. The molecule has 0 saturated heterocycles. The van der Waals surface area contributed by atoms with Crippen LogP contribution in [0.25, 0.3) is 0 Å². The molecule has 0 aromatic heterocycles. The van der Waals surface area contributed by atoms with Crippen molar-refractivity contribution in [2.45, 2.75) is 78.8 Å². The number of hydrogen-bond acceptors (Lipinski definition) is 11. The third kappa shape index (κ3) is 13.6. The zero-order valence-corrected chi connectivity index (χ0v) is 19.7. The van der Waals surface area contributed by atoms with Crippen LogP contribution >= 0.6 is 11.8 Å². The van der Waals surface area contributed by atoms with Crippen LogP contribution in [0.4, 0.5) is 0 Å². The smallest absolute Gasteiger partial charge is 0.303 e. The summed E-state index contributed by atoms with van der Waals surface area (Å²) in [4.78, 5) is 58.2. The molecule has 0 amide bonds. The monoisotopic (exact) mass is 464 g/mol. The van der Waals surface area contributed by atoms with E-state index in [0.29, 0.717) is 0 Å². The maximum absolute atomic E-state index is 11.8. The van der Waals surface area contributed by atoms with E-state index in [-0.39, 0.29) is 5.75 Å². The Balaban J connectivity index is 6.06. The van der Waals surface area contributed by atoms with Crippen molar-refractivity contribution >= 4 is 41.6 Å². The Kier molecular flexibility index (Phi) is 14.3. The van der Waals surface area contributed by atoms with E-state index >= 15 is 0 Å². The van der Waals surface area contributed by atoms with E-state index in [1.165, 1.54) is 18.7 Å². The van der Waals surface area contributed by atoms with Crippen molar-refractivity contribution < 1.29 is 47.7 Å². The zero-order chi connectivity index (χ0) is 24.0. The fourth-order valence-electron chi connectivity index (χ4n) is 2.56. The minimum atomic E-state index is -1.39. The van der Waals surface area contributed by atoms with E-state index < -0.39 is 60.9 Å². The van der Waals surface area contributed by atoms with E-state index in [1.807, 2.05) is 6.92 Å². The molecular formula is C20H32O10S. The van der Waals surface area contributed by atoms with Gasteiger partial charge in [0.2, 0.25) is 0 Å². The fraction of sp³-hybridized carbons (Fsp3) is 0.750. The lowest BCUT2D eigenvalue weighted by Gasteiger charge is -2.35. The summed E-state index contributed by atoms with van der Waals surface area (Å²) in [7, 11) is 0. The highest BCUT2D eigenvalue weighted by Gasteiger charge is 2.43. The SMILES string of the molecule is CCCCSC[C@@H](OC(C)=O)[C@@H](OC(C)=O)[C@H](OC(C)=O)[C@H](COC(C)=O)OC(C)=O. The predicted molar refractivity (Wildman–Crippen MR) is 111 cm³/mol. The second-order valence-electron chi connectivity index (χ2n) is 6.67. The lowest BCUT2D eigenvalue weighted by atomic mass is 10.0. The lowest BCUT2D eigenvalue weighted by molar-refractivity contribution is -0.200. The van der Waals surface area contributed by atoms with Gasteiger partial charge in [-0.15, -0.1) is 0 Å². The minimum Gasteiger partial charge on any atom is -0.462 e. The Hall–Kier alpha value is -2.30. The summed E-state index contributed by atoms with van der Waals surface area (Å²) in [5.41, 5.74) is 0. The summed E-state index contributed by atoms with van der Waals surface area (Å²) in [5, 5.41) is 0. The van der Waals surface area contributed by atoms with Gasteiger partial charge in [0, 0.05) is 40.4 Å². The summed E-state index contributed by atoms with van der Waals surface area (Å²) in [5.74, 6) is -2.53. The van der Waals surface area contributed by atoms with Crippen molar-refractivity contribution in [2.24, 2.45) is 0 Å². The van der Waals surface area contributed by atoms with Crippen molar-refractivity contribution in [3.63, 3.8) is 0 Å². The molecule has 0 N–H and O–H groups in total. The van der Waals surface area contributed by atoms with E-state index in [1.54, 1.807) is 0 Å². The Bertz CT molecular complexity index is 621. The second kappa shape index (κ2) is 15.5. The maximum atomic E-state index is 11.8. The van der Waals surface area contributed by atoms with Crippen LogP contribution in [0.2, 0.25) is 0 Å². The largest absolute Gasteiger partial charge is 0.462 e. The summed E-state index contributed by atoms with van der Waals surface area (Å²) in [6, 6.07) is 0. The van der Waals surface area contributed by atoms with Crippen LogP contribution < -0.4 is 0 Å². The van der Waals surface area contributed by atoms with E-state index in [2.05, 4.69) is 0 Å². The van der Waals surface area contributed by atoms with Gasteiger partial charge in [-0.25, -0.2) is 0 Å². The van der Waals surface area contributed by atoms with Gasteiger partial charge in [-0.1, -0.05) is 13.3 Å². The molecule has 0 unspecified atom stereocenters. The van der Waals surface area contributed by atoms with Crippen LogP contribution in [0.5, 0.6) is 0 Å². The molecule has 178 valence electrons. The molecule has 0 aliphatic rings. The molecule has 0 aromatic carbocycles. The Morgan fingerprint density at radius 3 is 1.55 bits per heavy atom. The predicted octanol–water partition coefficient (Wildman–Crippen LogP) is 1.81. The Labute approximate surface area is 186 Å². The molecule has 31 heavy (non-hydrogen) atoms. The summed E-state index contributed by atoms with van der Waals surface area (Å²) in [6.07, 6.45) is -3.12. The molecule has 0 aliphatic carbocycles. The number of thioether (sulfide) groups is 1. The highest BCUT2D eigenvalue weighted by Crippen LogP contribution is 2.23. The van der Waals surface area contributed by atoms with Gasteiger partial charge in [0.1, 0.15) is 6.61 Å². The summed E-state index contributed by atoms with van der Waals surface area (Å²) < 4.78 is 26.2. The van der Waals surface area contributed by atoms with Gasteiger partial charge in [-0.2, -0.15) is 11.8 Å². The van der Waals surface area contributed by atoms with Crippen LogP contribution in [0, 0.1) is 0 Å². The van der Waals surface area contributed by atoms with E-state index in [4.69, 9.17) is 23.7 Å². The van der Waals surface area contributed by atoms with Crippen molar-refractivity contribution in [1.29, 1.82) is 0 Å². The zero-order valence-electron chi connectivity index (χ0n) is 18.8. The highest BCUT2D eigenvalue weighted by atomic mass is 32.2. The molecule has 0 aliphatic heterocycles. The number of carbonyl (C=O) groups excluding carboxylic acids is 5. The third-order valence-corrected chi connectivity index (χ3v) is 4.81. The van der Waals surface area contributed by atoms with Crippen LogP contribution in [0.15, 0.2) is 0 Å². The van der Waals surface area contributed by atoms with Crippen LogP contribution in [-0.2, 0) is 47.7 Å². The van der Waals surface area contributed by atoms with Gasteiger partial charge in [0.05, 0.1) is 0 Å². The van der Waals surface area contributed by atoms with Crippen LogP contribution in [0.3, 0.4) is 0 Å². The van der Waals surface area contributed by atoms with Crippen LogP contribution in [0.1, 0.15) is 54.4 Å². The number of unbranched alkanes of at least 4 members (excludes halogenated alkanes) is 1.